The zero-order chi connectivity index (χ0) is 19.1. The Bertz CT molecular complexity index is 790. The van der Waals surface area contributed by atoms with Crippen LogP contribution in [-0.2, 0) is 4.74 Å². The summed E-state index contributed by atoms with van der Waals surface area (Å²) in [6.45, 7) is 6.80. The van der Waals surface area contributed by atoms with E-state index in [1.165, 1.54) is 7.11 Å². The summed E-state index contributed by atoms with van der Waals surface area (Å²) in [5.41, 5.74) is 1.56. The van der Waals surface area contributed by atoms with E-state index in [1.807, 2.05) is 0 Å². The molecule has 2 rings (SSSR count). The monoisotopic (exact) mass is 356 g/mol. The number of methoxy groups -OCH3 is 1. The number of aromatic nitrogens is 2. The quantitative estimate of drug-likeness (QED) is 0.740. The summed E-state index contributed by atoms with van der Waals surface area (Å²) in [5, 5.41) is 5.85. The molecule has 0 unspecified atom stereocenters. The van der Waals surface area contributed by atoms with Gasteiger partial charge in [-0.25, -0.2) is 14.8 Å². The number of hydrogen-bond acceptors (Lipinski definition) is 6. The fraction of sp³-hybridized carbons (Fsp3) is 0.368. The molecular formula is C19H24N4O3. The number of carbonyl (C=O) groups excluding carboxylic acids is 2. The number of hydrogen-bond donors (Lipinski definition) is 2. The lowest BCUT2D eigenvalue weighted by Gasteiger charge is -2.11. The van der Waals surface area contributed by atoms with Crippen LogP contribution in [0.5, 0.6) is 0 Å². The molecule has 0 radical (unpaired) electrons. The average Bonchev–Trinajstić information content (AvgIpc) is 2.60. The highest BCUT2D eigenvalue weighted by Gasteiger charge is 2.16. The van der Waals surface area contributed by atoms with Gasteiger partial charge in [0, 0.05) is 12.2 Å². The minimum atomic E-state index is -0.518. The van der Waals surface area contributed by atoms with Crippen molar-refractivity contribution in [3.63, 3.8) is 0 Å². The van der Waals surface area contributed by atoms with E-state index in [4.69, 9.17) is 4.74 Å². The summed E-state index contributed by atoms with van der Waals surface area (Å²) in [6, 6.07) is 8.26. The van der Waals surface area contributed by atoms with Gasteiger partial charge in [-0.2, -0.15) is 0 Å². The number of rotatable bonds is 7. The lowest BCUT2D eigenvalue weighted by atomic mass is 10.1. The normalized spacial score (nSPS) is 10.5. The number of amides is 1. The maximum Gasteiger partial charge on any atom is 0.339 e. The zero-order valence-corrected chi connectivity index (χ0v) is 15.5. The Balaban J connectivity index is 2.17. The lowest BCUT2D eigenvalue weighted by Crippen LogP contribution is -2.18. The molecule has 0 fully saturated rings. The highest BCUT2D eigenvalue weighted by Crippen LogP contribution is 2.17. The maximum atomic E-state index is 12.6. The Morgan fingerprint density at radius 2 is 1.92 bits per heavy atom. The van der Waals surface area contributed by atoms with Crippen molar-refractivity contribution in [1.82, 2.24) is 9.97 Å². The largest absolute Gasteiger partial charge is 0.465 e. The van der Waals surface area contributed by atoms with Crippen LogP contribution in [0.2, 0.25) is 0 Å². The van der Waals surface area contributed by atoms with Gasteiger partial charge in [-0.1, -0.05) is 26.0 Å². The topological polar surface area (TPSA) is 93.2 Å². The van der Waals surface area contributed by atoms with Gasteiger partial charge in [-0.15, -0.1) is 0 Å². The molecule has 0 saturated carbocycles. The molecule has 26 heavy (non-hydrogen) atoms. The molecule has 0 saturated heterocycles. The minimum absolute atomic E-state index is 0.226. The lowest BCUT2D eigenvalue weighted by molar-refractivity contribution is 0.0602. The first-order valence-corrected chi connectivity index (χ1v) is 8.49. The van der Waals surface area contributed by atoms with E-state index in [0.717, 1.165) is 13.0 Å². The van der Waals surface area contributed by atoms with Gasteiger partial charge in [0.1, 0.15) is 5.69 Å². The maximum absolute atomic E-state index is 12.6. The molecule has 0 aliphatic heterocycles. The van der Waals surface area contributed by atoms with E-state index in [2.05, 4.69) is 34.4 Å². The highest BCUT2D eigenvalue weighted by molar-refractivity contribution is 6.07. The standard InChI is InChI=1S/C19H24N4O3/c1-12(2)9-10-20-19-21-13(3)11-16(23-19)17(24)22-15-8-6-5-7-14(15)18(25)26-4/h5-8,11-12H,9-10H2,1-4H3,(H,22,24)(H,20,21,23). The number of para-hydroxylation sites is 1. The van der Waals surface area contributed by atoms with Gasteiger partial charge >= 0.3 is 5.97 Å². The summed E-state index contributed by atoms with van der Waals surface area (Å²) in [4.78, 5) is 33.0. The summed E-state index contributed by atoms with van der Waals surface area (Å²) >= 11 is 0. The molecule has 0 aliphatic rings. The Hall–Kier alpha value is -2.96. The molecule has 2 N–H and O–H groups in total. The van der Waals surface area contributed by atoms with Crippen molar-refractivity contribution in [2.45, 2.75) is 27.2 Å². The second kappa shape index (κ2) is 8.94. The predicted molar refractivity (Wildman–Crippen MR) is 100 cm³/mol. The van der Waals surface area contributed by atoms with Crippen molar-refractivity contribution in [2.75, 3.05) is 24.3 Å². The number of nitrogens with zero attached hydrogens (tertiary/aromatic N) is 2. The van der Waals surface area contributed by atoms with E-state index in [1.54, 1.807) is 37.3 Å². The SMILES string of the molecule is COC(=O)c1ccccc1NC(=O)c1cc(C)nc(NCCC(C)C)n1. The molecule has 7 heteroatoms. The molecule has 0 aliphatic carbocycles. The molecule has 1 amide bonds. The summed E-state index contributed by atoms with van der Waals surface area (Å²) in [6.07, 6.45) is 0.978. The Morgan fingerprint density at radius 3 is 2.62 bits per heavy atom. The van der Waals surface area contributed by atoms with Gasteiger partial charge in [0.25, 0.3) is 5.91 Å². The number of nitrogens with one attached hydrogen (secondary N) is 2. The summed E-state index contributed by atoms with van der Waals surface area (Å²) in [5.74, 6) is 0.0385. The van der Waals surface area contributed by atoms with E-state index in [9.17, 15) is 9.59 Å². The molecule has 1 aromatic heterocycles. The number of carbonyl (C=O) groups is 2. The van der Waals surface area contributed by atoms with Crippen LogP contribution in [0.4, 0.5) is 11.6 Å². The van der Waals surface area contributed by atoms with Crippen LogP contribution < -0.4 is 10.6 Å². The summed E-state index contributed by atoms with van der Waals surface area (Å²) < 4.78 is 4.74. The highest BCUT2D eigenvalue weighted by atomic mass is 16.5. The van der Waals surface area contributed by atoms with E-state index in [0.29, 0.717) is 23.2 Å². The molecule has 138 valence electrons. The van der Waals surface area contributed by atoms with Crippen molar-refractivity contribution in [3.8, 4) is 0 Å². The van der Waals surface area contributed by atoms with Crippen molar-refractivity contribution in [2.24, 2.45) is 5.92 Å². The molecule has 0 atom stereocenters. The van der Waals surface area contributed by atoms with Crippen molar-refractivity contribution in [3.05, 3.63) is 47.3 Å². The minimum Gasteiger partial charge on any atom is -0.465 e. The van der Waals surface area contributed by atoms with Gasteiger partial charge < -0.3 is 15.4 Å². The van der Waals surface area contributed by atoms with Gasteiger partial charge in [0.05, 0.1) is 18.4 Å². The van der Waals surface area contributed by atoms with Gasteiger partial charge in [0.2, 0.25) is 5.95 Å². The third-order valence-electron chi connectivity index (χ3n) is 3.67. The van der Waals surface area contributed by atoms with Crippen LogP contribution in [-0.4, -0.2) is 35.5 Å². The zero-order valence-electron chi connectivity index (χ0n) is 15.5. The smallest absolute Gasteiger partial charge is 0.339 e. The Kier molecular flexibility index (Phi) is 6.66. The van der Waals surface area contributed by atoms with Gasteiger partial charge in [-0.3, -0.25) is 4.79 Å². The fourth-order valence-electron chi connectivity index (χ4n) is 2.30. The summed E-state index contributed by atoms with van der Waals surface area (Å²) in [7, 11) is 1.30. The van der Waals surface area contributed by atoms with Crippen molar-refractivity contribution in [1.29, 1.82) is 0 Å². The number of ether oxygens (including phenoxy) is 1. The molecule has 1 heterocycles. The number of esters is 1. The van der Waals surface area contributed by atoms with Crippen LogP contribution in [0, 0.1) is 12.8 Å². The number of benzene rings is 1. The second-order valence-corrected chi connectivity index (χ2v) is 6.32. The van der Waals surface area contributed by atoms with Gasteiger partial charge in [-0.05, 0) is 37.5 Å². The number of aryl methyl sites for hydroxylation is 1. The molecule has 1 aromatic carbocycles. The van der Waals surface area contributed by atoms with E-state index >= 15 is 0 Å². The van der Waals surface area contributed by atoms with E-state index in [-0.39, 0.29) is 11.3 Å². The predicted octanol–water partition coefficient (Wildman–Crippen LogP) is 3.28. The number of anilines is 2. The molecular weight excluding hydrogens is 332 g/mol. The molecule has 0 spiro atoms. The molecule has 2 aromatic rings. The first-order valence-electron chi connectivity index (χ1n) is 8.49. The second-order valence-electron chi connectivity index (χ2n) is 6.32. The van der Waals surface area contributed by atoms with Crippen LogP contribution in [0.3, 0.4) is 0 Å². The van der Waals surface area contributed by atoms with Crippen LogP contribution in [0.1, 0.15) is 46.8 Å². The third kappa shape index (κ3) is 5.27. The fourth-order valence-corrected chi connectivity index (χ4v) is 2.30. The molecule has 0 bridgehead atoms. The van der Waals surface area contributed by atoms with Crippen LogP contribution in [0.25, 0.3) is 0 Å². The van der Waals surface area contributed by atoms with Crippen LogP contribution >= 0.6 is 0 Å². The third-order valence-corrected chi connectivity index (χ3v) is 3.67. The Labute approximate surface area is 153 Å². The van der Waals surface area contributed by atoms with Gasteiger partial charge in [0.15, 0.2) is 0 Å². The van der Waals surface area contributed by atoms with Crippen molar-refractivity contribution < 1.29 is 14.3 Å². The average molecular weight is 356 g/mol. The van der Waals surface area contributed by atoms with E-state index < -0.39 is 11.9 Å². The molecule has 7 nitrogen and oxygen atoms in total. The Morgan fingerprint density at radius 1 is 1.19 bits per heavy atom. The first-order chi connectivity index (χ1) is 12.4. The van der Waals surface area contributed by atoms with Crippen molar-refractivity contribution >= 4 is 23.5 Å². The first kappa shape index (κ1) is 19.4. The van der Waals surface area contributed by atoms with Crippen LogP contribution in [0.15, 0.2) is 30.3 Å².